The molecule has 2 heterocycles. The Balaban J connectivity index is 2.00. The van der Waals surface area contributed by atoms with Crippen LogP contribution in [0.3, 0.4) is 0 Å². The van der Waals surface area contributed by atoms with Crippen molar-refractivity contribution in [3.63, 3.8) is 0 Å². The van der Waals surface area contributed by atoms with E-state index in [1.54, 1.807) is 23.1 Å². The third kappa shape index (κ3) is 2.73. The number of halogens is 2. The molecule has 0 aliphatic heterocycles. The van der Waals surface area contributed by atoms with Crippen molar-refractivity contribution < 1.29 is 8.78 Å². The molecule has 0 spiro atoms. The predicted octanol–water partition coefficient (Wildman–Crippen LogP) is 1.71. The van der Waals surface area contributed by atoms with Crippen LogP contribution in [-0.2, 0) is 6.54 Å². The van der Waals surface area contributed by atoms with Gasteiger partial charge in [0.05, 0.1) is 6.54 Å². The van der Waals surface area contributed by atoms with Crippen LogP contribution in [0.25, 0.3) is 0 Å². The summed E-state index contributed by atoms with van der Waals surface area (Å²) in [6.07, 6.45) is 3.46. The molecule has 96 valence electrons. The molecule has 0 atom stereocenters. The summed E-state index contributed by atoms with van der Waals surface area (Å²) in [5.74, 6) is -1.40. The van der Waals surface area contributed by atoms with E-state index in [4.69, 9.17) is 0 Å². The third-order valence-electron chi connectivity index (χ3n) is 2.36. The zero-order valence-corrected chi connectivity index (χ0v) is 9.82. The first-order chi connectivity index (χ1) is 8.70. The average molecular weight is 253 g/mol. The fourth-order valence-electron chi connectivity index (χ4n) is 1.49. The van der Waals surface area contributed by atoms with E-state index < -0.39 is 11.6 Å². The maximum Gasteiger partial charge on any atom is 0.168 e. The van der Waals surface area contributed by atoms with Crippen LogP contribution >= 0.6 is 0 Å². The lowest BCUT2D eigenvalue weighted by molar-refractivity contribution is 0.576. The highest BCUT2D eigenvalue weighted by molar-refractivity contribution is 5.47. The molecule has 0 fully saturated rings. The van der Waals surface area contributed by atoms with Crippen molar-refractivity contribution in [3.05, 3.63) is 36.2 Å². The summed E-state index contributed by atoms with van der Waals surface area (Å²) >= 11 is 0. The predicted molar refractivity (Wildman–Crippen MR) is 64.4 cm³/mol. The molecular weight excluding hydrogens is 240 g/mol. The van der Waals surface area contributed by atoms with E-state index in [0.717, 1.165) is 6.07 Å². The number of nitrogens with one attached hydrogen (secondary N) is 2. The van der Waals surface area contributed by atoms with E-state index in [-0.39, 0.29) is 11.6 Å². The van der Waals surface area contributed by atoms with Crippen molar-refractivity contribution in [2.45, 2.75) is 6.54 Å². The highest BCUT2D eigenvalue weighted by Crippen LogP contribution is 2.18. The minimum Gasteiger partial charge on any atom is -0.371 e. The van der Waals surface area contributed by atoms with Gasteiger partial charge in [0.25, 0.3) is 0 Å². The van der Waals surface area contributed by atoms with Gasteiger partial charge >= 0.3 is 0 Å². The number of hydrogen-bond acceptors (Lipinski definition) is 4. The Morgan fingerprint density at radius 2 is 2.06 bits per heavy atom. The molecule has 0 aliphatic rings. The maximum atomic E-state index is 13.4. The first-order valence-corrected chi connectivity index (χ1v) is 5.46. The third-order valence-corrected chi connectivity index (χ3v) is 2.36. The quantitative estimate of drug-likeness (QED) is 0.851. The van der Waals surface area contributed by atoms with Crippen LogP contribution in [0, 0.1) is 11.6 Å². The molecule has 5 nitrogen and oxygen atoms in total. The number of rotatable bonds is 5. The van der Waals surface area contributed by atoms with Gasteiger partial charge in [0.1, 0.15) is 0 Å². The van der Waals surface area contributed by atoms with Crippen LogP contribution in [0.2, 0.25) is 0 Å². The fourth-order valence-corrected chi connectivity index (χ4v) is 1.49. The second-order valence-electron chi connectivity index (χ2n) is 3.60. The minimum atomic E-state index is -0.716. The smallest absolute Gasteiger partial charge is 0.168 e. The molecule has 0 saturated carbocycles. The highest BCUT2D eigenvalue weighted by atomic mass is 19.1. The van der Waals surface area contributed by atoms with Crippen LogP contribution < -0.4 is 10.6 Å². The zero-order valence-electron chi connectivity index (χ0n) is 9.82. The summed E-state index contributed by atoms with van der Waals surface area (Å²) in [6.45, 7) is 1.01. The minimum absolute atomic E-state index is 0.0120. The summed E-state index contributed by atoms with van der Waals surface area (Å²) in [6, 6.07) is 2.60. The molecule has 7 heteroatoms. The van der Waals surface area contributed by atoms with Crippen LogP contribution in [-0.4, -0.2) is 28.4 Å². The van der Waals surface area contributed by atoms with E-state index in [2.05, 4.69) is 20.7 Å². The van der Waals surface area contributed by atoms with E-state index in [1.165, 1.54) is 7.05 Å². The molecule has 2 N–H and O–H groups in total. The lowest BCUT2D eigenvalue weighted by Gasteiger charge is -2.09. The van der Waals surface area contributed by atoms with Crippen LogP contribution in [0.5, 0.6) is 0 Å². The van der Waals surface area contributed by atoms with Crippen molar-refractivity contribution >= 4 is 11.6 Å². The van der Waals surface area contributed by atoms with Crippen molar-refractivity contribution in [2.24, 2.45) is 0 Å². The Morgan fingerprint density at radius 1 is 1.28 bits per heavy atom. The van der Waals surface area contributed by atoms with E-state index >= 15 is 0 Å². The number of nitrogens with zero attached hydrogens (tertiary/aromatic N) is 3. The SMILES string of the molecule is CNc1nc(NCCn2cccn2)c(F)cc1F. The van der Waals surface area contributed by atoms with Gasteiger partial charge in [-0.2, -0.15) is 5.10 Å². The van der Waals surface area contributed by atoms with Crippen molar-refractivity contribution in [1.29, 1.82) is 0 Å². The van der Waals surface area contributed by atoms with Gasteiger partial charge in [-0.25, -0.2) is 13.8 Å². The molecule has 0 saturated heterocycles. The number of hydrogen-bond donors (Lipinski definition) is 2. The lowest BCUT2D eigenvalue weighted by Crippen LogP contribution is -2.13. The second kappa shape index (κ2) is 5.44. The topological polar surface area (TPSA) is 54.8 Å². The molecule has 0 aliphatic carbocycles. The summed E-state index contributed by atoms with van der Waals surface area (Å²) in [7, 11) is 1.52. The van der Waals surface area contributed by atoms with Gasteiger partial charge in [-0.3, -0.25) is 4.68 Å². The Kier molecular flexibility index (Phi) is 3.71. The molecule has 0 bridgehead atoms. The summed E-state index contributed by atoms with van der Waals surface area (Å²) in [5, 5.41) is 9.36. The van der Waals surface area contributed by atoms with E-state index in [0.29, 0.717) is 13.1 Å². The molecule has 18 heavy (non-hydrogen) atoms. The van der Waals surface area contributed by atoms with E-state index in [9.17, 15) is 8.78 Å². The summed E-state index contributed by atoms with van der Waals surface area (Å²) < 4.78 is 28.3. The standard InChI is InChI=1S/C11H13F2N5/c1-14-10-8(12)7-9(13)11(17-10)15-4-6-18-5-2-3-16-18/h2-3,5,7H,4,6H2,1H3,(H2,14,15,17). The van der Waals surface area contributed by atoms with Gasteiger partial charge in [-0.05, 0) is 6.07 Å². The molecular formula is C11H13F2N5. The van der Waals surface area contributed by atoms with Gasteiger partial charge in [0.2, 0.25) is 0 Å². The van der Waals surface area contributed by atoms with Gasteiger partial charge < -0.3 is 10.6 Å². The van der Waals surface area contributed by atoms with Crippen molar-refractivity contribution in [3.8, 4) is 0 Å². The molecule has 0 unspecified atom stereocenters. The number of pyridine rings is 1. The Labute approximate surface area is 103 Å². The zero-order chi connectivity index (χ0) is 13.0. The number of anilines is 2. The highest BCUT2D eigenvalue weighted by Gasteiger charge is 2.10. The average Bonchev–Trinajstić information content (AvgIpc) is 2.85. The van der Waals surface area contributed by atoms with Crippen molar-refractivity contribution in [2.75, 3.05) is 24.2 Å². The van der Waals surface area contributed by atoms with Gasteiger partial charge in [0, 0.05) is 32.1 Å². The molecule has 2 aromatic heterocycles. The van der Waals surface area contributed by atoms with Crippen LogP contribution in [0.1, 0.15) is 0 Å². The Hall–Kier alpha value is -2.18. The molecule has 0 aromatic carbocycles. The maximum absolute atomic E-state index is 13.4. The van der Waals surface area contributed by atoms with Crippen molar-refractivity contribution in [1.82, 2.24) is 14.8 Å². The Morgan fingerprint density at radius 3 is 2.72 bits per heavy atom. The molecule has 0 amide bonds. The second-order valence-corrected chi connectivity index (χ2v) is 3.60. The van der Waals surface area contributed by atoms with Gasteiger partial charge in [-0.1, -0.05) is 0 Å². The summed E-state index contributed by atoms with van der Waals surface area (Å²) in [4.78, 5) is 3.81. The summed E-state index contributed by atoms with van der Waals surface area (Å²) in [5.41, 5.74) is 0. The Bertz CT molecular complexity index is 512. The fraction of sp³-hybridized carbons (Fsp3) is 0.273. The molecule has 2 aromatic rings. The largest absolute Gasteiger partial charge is 0.371 e. The first kappa shape index (κ1) is 12.3. The molecule has 2 rings (SSSR count). The van der Waals surface area contributed by atoms with Crippen LogP contribution in [0.4, 0.5) is 20.4 Å². The lowest BCUT2D eigenvalue weighted by atomic mass is 10.4. The van der Waals surface area contributed by atoms with Crippen LogP contribution in [0.15, 0.2) is 24.5 Å². The monoisotopic (exact) mass is 253 g/mol. The number of aromatic nitrogens is 3. The van der Waals surface area contributed by atoms with Gasteiger partial charge in [0.15, 0.2) is 23.3 Å². The molecule has 0 radical (unpaired) electrons. The normalized spacial score (nSPS) is 10.4. The van der Waals surface area contributed by atoms with Gasteiger partial charge in [-0.15, -0.1) is 0 Å². The first-order valence-electron chi connectivity index (χ1n) is 5.46. The van der Waals surface area contributed by atoms with E-state index in [1.807, 2.05) is 0 Å².